The van der Waals surface area contributed by atoms with E-state index in [9.17, 15) is 19.5 Å². The number of hydrogen-bond acceptors (Lipinski definition) is 5. The second-order valence-electron chi connectivity index (χ2n) is 6.86. The minimum atomic E-state index is -2.00. The van der Waals surface area contributed by atoms with Crippen LogP contribution in [0.25, 0.3) is 11.1 Å². The molecule has 1 aliphatic heterocycles. The Morgan fingerprint density at radius 3 is 2.11 bits per heavy atom. The minimum Gasteiger partial charge on any atom is -0.479 e. The average molecular weight is 381 g/mol. The first kappa shape index (κ1) is 18.0. The highest BCUT2D eigenvalue weighted by Gasteiger charge is 2.61. The zero-order chi connectivity index (χ0) is 19.9. The van der Waals surface area contributed by atoms with Crippen molar-refractivity contribution in [3.8, 4) is 11.1 Å². The van der Waals surface area contributed by atoms with Crippen LogP contribution in [-0.2, 0) is 19.1 Å². The highest BCUT2D eigenvalue weighted by atomic mass is 16.6. The fourth-order valence-corrected chi connectivity index (χ4v) is 4.06. The molecule has 2 aromatic carbocycles. The van der Waals surface area contributed by atoms with Crippen molar-refractivity contribution in [1.82, 2.24) is 4.90 Å². The molecule has 0 radical (unpaired) electrons. The molecule has 0 aromatic heterocycles. The van der Waals surface area contributed by atoms with Crippen LogP contribution in [0, 0.1) is 0 Å². The van der Waals surface area contributed by atoms with Gasteiger partial charge in [0, 0.05) is 18.9 Å². The summed E-state index contributed by atoms with van der Waals surface area (Å²) in [6.45, 7) is 0.179. The summed E-state index contributed by atoms with van der Waals surface area (Å²) >= 11 is 0. The second kappa shape index (κ2) is 6.67. The maximum absolute atomic E-state index is 12.6. The number of nitrogens with zero attached hydrogens (tertiary/aromatic N) is 1. The molecule has 0 saturated carbocycles. The molecule has 1 fully saturated rings. The van der Waals surface area contributed by atoms with Gasteiger partial charge in [-0.3, -0.25) is 4.90 Å². The van der Waals surface area contributed by atoms with E-state index < -0.39 is 23.6 Å². The normalized spacial score (nSPS) is 20.0. The van der Waals surface area contributed by atoms with Crippen LogP contribution in [0.15, 0.2) is 48.5 Å². The maximum atomic E-state index is 12.6. The van der Waals surface area contributed by atoms with Gasteiger partial charge in [-0.2, -0.15) is 0 Å². The fourth-order valence-electron chi connectivity index (χ4n) is 4.06. The van der Waals surface area contributed by atoms with Crippen molar-refractivity contribution in [3.05, 3.63) is 59.7 Å². The van der Waals surface area contributed by atoms with Gasteiger partial charge in [0.05, 0.1) is 7.11 Å². The highest BCUT2D eigenvalue weighted by Crippen LogP contribution is 2.44. The number of rotatable bonds is 4. The van der Waals surface area contributed by atoms with Crippen molar-refractivity contribution in [2.24, 2.45) is 0 Å². The number of ether oxygens (including phenoxy) is 2. The number of carboxylic acids is 1. The molecule has 1 N–H and O–H groups in total. The lowest BCUT2D eigenvalue weighted by molar-refractivity contribution is -0.178. The van der Waals surface area contributed by atoms with E-state index >= 15 is 0 Å². The summed E-state index contributed by atoms with van der Waals surface area (Å²) < 4.78 is 10.1. The van der Waals surface area contributed by atoms with Gasteiger partial charge in [0.25, 0.3) is 0 Å². The van der Waals surface area contributed by atoms with E-state index in [-0.39, 0.29) is 25.5 Å². The zero-order valence-electron chi connectivity index (χ0n) is 15.3. The van der Waals surface area contributed by atoms with E-state index in [1.165, 1.54) is 0 Å². The topological polar surface area (TPSA) is 93.1 Å². The third kappa shape index (κ3) is 2.46. The van der Waals surface area contributed by atoms with Crippen molar-refractivity contribution in [2.75, 3.05) is 20.3 Å². The van der Waals surface area contributed by atoms with Gasteiger partial charge in [-0.25, -0.2) is 14.4 Å². The standard InChI is InChI=1S/C21H19NO6/c1-27-19(25)21(18(23)24)10-11-22(21)20(26)28-12-17-15-8-4-2-6-13(15)14-7-3-5-9-16(14)17/h2-9,17H,10-12H2,1H3,(H,23,24). The summed E-state index contributed by atoms with van der Waals surface area (Å²) in [4.78, 5) is 37.2. The monoisotopic (exact) mass is 381 g/mol. The molecule has 7 heteroatoms. The van der Waals surface area contributed by atoms with Gasteiger partial charge < -0.3 is 14.6 Å². The van der Waals surface area contributed by atoms with Crippen molar-refractivity contribution >= 4 is 18.0 Å². The first-order chi connectivity index (χ1) is 13.5. The van der Waals surface area contributed by atoms with Crippen LogP contribution in [0.1, 0.15) is 23.5 Å². The number of carbonyl (C=O) groups excluding carboxylic acids is 2. The molecule has 1 amide bonds. The Morgan fingerprint density at radius 1 is 1.07 bits per heavy atom. The van der Waals surface area contributed by atoms with Gasteiger partial charge in [0.1, 0.15) is 6.61 Å². The van der Waals surface area contributed by atoms with Crippen LogP contribution in [-0.4, -0.2) is 53.8 Å². The maximum Gasteiger partial charge on any atom is 0.411 e. The van der Waals surface area contributed by atoms with Crippen LogP contribution in [0.2, 0.25) is 0 Å². The number of benzene rings is 2. The van der Waals surface area contributed by atoms with Crippen LogP contribution < -0.4 is 0 Å². The van der Waals surface area contributed by atoms with E-state index in [1.807, 2.05) is 48.5 Å². The molecule has 1 unspecified atom stereocenters. The molecule has 2 aromatic rings. The predicted octanol–water partition coefficient (Wildman–Crippen LogP) is 2.64. The first-order valence-electron chi connectivity index (χ1n) is 8.95. The van der Waals surface area contributed by atoms with E-state index in [4.69, 9.17) is 4.74 Å². The third-order valence-corrected chi connectivity index (χ3v) is 5.59. The van der Waals surface area contributed by atoms with Gasteiger partial charge >= 0.3 is 18.0 Å². The lowest BCUT2D eigenvalue weighted by Gasteiger charge is -2.45. The number of amides is 1. The van der Waals surface area contributed by atoms with Gasteiger partial charge in [-0.1, -0.05) is 48.5 Å². The summed E-state index contributed by atoms with van der Waals surface area (Å²) in [5.74, 6) is -2.53. The van der Waals surface area contributed by atoms with Crippen LogP contribution in [0.4, 0.5) is 4.79 Å². The molecule has 0 bridgehead atoms. The van der Waals surface area contributed by atoms with Gasteiger partial charge in [-0.15, -0.1) is 0 Å². The lowest BCUT2D eigenvalue weighted by Crippen LogP contribution is -2.71. The molecule has 0 spiro atoms. The Bertz CT molecular complexity index is 925. The average Bonchev–Trinajstić information content (AvgIpc) is 2.99. The number of methoxy groups -OCH3 is 1. The third-order valence-electron chi connectivity index (χ3n) is 5.59. The van der Waals surface area contributed by atoms with E-state index in [2.05, 4.69) is 4.74 Å². The fraction of sp³-hybridized carbons (Fsp3) is 0.286. The van der Waals surface area contributed by atoms with Crippen LogP contribution >= 0.6 is 0 Å². The molecule has 7 nitrogen and oxygen atoms in total. The number of fused-ring (bicyclic) bond motifs is 3. The molecule has 1 atom stereocenters. The molecular weight excluding hydrogens is 362 g/mol. The van der Waals surface area contributed by atoms with Crippen molar-refractivity contribution in [1.29, 1.82) is 0 Å². The predicted molar refractivity (Wildman–Crippen MR) is 98.8 cm³/mol. The molecule has 1 heterocycles. The summed E-state index contributed by atoms with van der Waals surface area (Å²) in [7, 11) is 1.10. The van der Waals surface area contributed by atoms with E-state index in [0.717, 1.165) is 34.3 Å². The SMILES string of the molecule is COC(=O)C1(C(=O)O)CCN1C(=O)OCC1c2ccccc2-c2ccccc21. The van der Waals surface area contributed by atoms with E-state index in [1.54, 1.807) is 0 Å². The Kier molecular flexibility index (Phi) is 4.30. The number of aliphatic carboxylic acids is 1. The minimum absolute atomic E-state index is 0.000792. The van der Waals surface area contributed by atoms with Crippen molar-refractivity contribution in [3.63, 3.8) is 0 Å². The van der Waals surface area contributed by atoms with Crippen molar-refractivity contribution < 1.29 is 29.0 Å². The van der Waals surface area contributed by atoms with Crippen LogP contribution in [0.3, 0.4) is 0 Å². The summed E-state index contributed by atoms with van der Waals surface area (Å²) in [5.41, 5.74) is 2.29. The van der Waals surface area contributed by atoms with E-state index in [0.29, 0.717) is 0 Å². The Morgan fingerprint density at radius 2 is 1.64 bits per heavy atom. The molecule has 144 valence electrons. The number of likely N-dealkylation sites (tertiary alicyclic amines) is 1. The largest absolute Gasteiger partial charge is 0.479 e. The van der Waals surface area contributed by atoms with Crippen molar-refractivity contribution in [2.45, 2.75) is 17.9 Å². The smallest absolute Gasteiger partial charge is 0.411 e. The molecule has 1 aliphatic carbocycles. The van der Waals surface area contributed by atoms with Crippen LogP contribution in [0.5, 0.6) is 0 Å². The number of hydrogen-bond donors (Lipinski definition) is 1. The second-order valence-corrected chi connectivity index (χ2v) is 6.86. The lowest BCUT2D eigenvalue weighted by atomic mass is 9.85. The number of esters is 1. The summed E-state index contributed by atoms with van der Waals surface area (Å²) in [6, 6.07) is 15.8. The molecule has 1 saturated heterocycles. The zero-order valence-corrected chi connectivity index (χ0v) is 15.3. The Balaban J connectivity index is 1.55. The Hall–Kier alpha value is -3.35. The number of carbonyl (C=O) groups is 3. The number of carboxylic acid groups (broad SMARTS) is 1. The Labute approximate surface area is 161 Å². The quantitative estimate of drug-likeness (QED) is 0.646. The van der Waals surface area contributed by atoms with Gasteiger partial charge in [-0.05, 0) is 22.3 Å². The van der Waals surface area contributed by atoms with Gasteiger partial charge in [0.15, 0.2) is 0 Å². The highest BCUT2D eigenvalue weighted by molar-refractivity contribution is 6.07. The first-order valence-corrected chi connectivity index (χ1v) is 8.95. The summed E-state index contributed by atoms with van der Waals surface area (Å²) in [5, 5.41) is 9.49. The molecule has 28 heavy (non-hydrogen) atoms. The molecule has 4 rings (SSSR count). The molecule has 2 aliphatic rings. The van der Waals surface area contributed by atoms with Gasteiger partial charge in [0.2, 0.25) is 5.54 Å². The molecular formula is C21H19NO6. The summed E-state index contributed by atoms with van der Waals surface area (Å²) in [6.07, 6.45) is -0.833.